The normalized spacial score (nSPS) is 10.9. The minimum Gasteiger partial charge on any atom is -0.376 e. The number of unbranched alkanes of at least 4 members (excludes halogenated alkanes) is 9. The first-order chi connectivity index (χ1) is 7.91. The monoisotopic (exact) mass is 227 g/mol. The Labute approximate surface area is 103 Å². The fourth-order valence-electron chi connectivity index (χ4n) is 1.77. The molecule has 0 rings (SSSR count). The minimum atomic E-state index is 0.929. The van der Waals surface area contributed by atoms with Gasteiger partial charge in [0.05, 0.1) is 6.61 Å². The molecule has 0 aromatic heterocycles. The third-order valence-electron chi connectivity index (χ3n) is 2.91. The molecule has 1 nitrogen and oxygen atoms in total. The molecule has 0 saturated heterocycles. The molecule has 1 heteroatoms. The summed E-state index contributed by atoms with van der Waals surface area (Å²) in [5.41, 5.74) is 0. The molecule has 0 atom stereocenters. The molecular formula is C15H31O. The van der Waals surface area contributed by atoms with Gasteiger partial charge >= 0.3 is 0 Å². The van der Waals surface area contributed by atoms with E-state index >= 15 is 0 Å². The van der Waals surface area contributed by atoms with Crippen molar-refractivity contribution >= 4 is 0 Å². The molecule has 0 heterocycles. The van der Waals surface area contributed by atoms with Crippen molar-refractivity contribution in [3.05, 3.63) is 6.61 Å². The van der Waals surface area contributed by atoms with Crippen molar-refractivity contribution in [2.45, 2.75) is 84.5 Å². The number of hydrogen-bond donors (Lipinski definition) is 0. The van der Waals surface area contributed by atoms with E-state index in [9.17, 15) is 0 Å². The van der Waals surface area contributed by atoms with Crippen LogP contribution in [-0.2, 0) is 4.74 Å². The summed E-state index contributed by atoms with van der Waals surface area (Å²) in [5, 5.41) is 0. The average molecular weight is 227 g/mol. The van der Waals surface area contributed by atoms with Crippen molar-refractivity contribution in [2.75, 3.05) is 6.61 Å². The second kappa shape index (κ2) is 15.0. The van der Waals surface area contributed by atoms with Crippen LogP contribution in [0, 0.1) is 6.61 Å². The smallest absolute Gasteiger partial charge is 0.0836 e. The zero-order valence-corrected chi connectivity index (χ0v) is 11.5. The Hall–Kier alpha value is -0.0400. The van der Waals surface area contributed by atoms with Crippen LogP contribution in [0.25, 0.3) is 0 Å². The highest BCUT2D eigenvalue weighted by atomic mass is 16.5. The summed E-state index contributed by atoms with van der Waals surface area (Å²) in [4.78, 5) is 0. The lowest BCUT2D eigenvalue weighted by Gasteiger charge is -2.03. The standard InChI is InChI=1S/C15H31O/c1-3-5-7-8-9-10-11-13-15-16-14-12-6-4-2/h14H,3-13,15H2,1-2H3. The predicted octanol–water partition coefficient (Wildman–Crippen LogP) is 5.50. The van der Waals surface area contributed by atoms with Gasteiger partial charge in [0.1, 0.15) is 0 Å². The molecule has 0 aliphatic rings. The van der Waals surface area contributed by atoms with Crippen LogP contribution in [0.5, 0.6) is 0 Å². The molecule has 0 bridgehead atoms. The third-order valence-corrected chi connectivity index (χ3v) is 2.91. The van der Waals surface area contributed by atoms with Crippen molar-refractivity contribution in [1.29, 1.82) is 0 Å². The summed E-state index contributed by atoms with van der Waals surface area (Å²) in [6.07, 6.45) is 14.6. The second-order valence-electron chi connectivity index (χ2n) is 4.65. The van der Waals surface area contributed by atoms with Gasteiger partial charge in [-0.25, -0.2) is 0 Å². The molecule has 0 aromatic carbocycles. The van der Waals surface area contributed by atoms with Crippen LogP contribution in [0.4, 0.5) is 0 Å². The molecule has 0 unspecified atom stereocenters. The van der Waals surface area contributed by atoms with Crippen molar-refractivity contribution in [1.82, 2.24) is 0 Å². The van der Waals surface area contributed by atoms with E-state index in [2.05, 4.69) is 13.8 Å². The molecule has 0 saturated carbocycles. The Kier molecular flexibility index (Phi) is 14.9. The van der Waals surface area contributed by atoms with Crippen LogP contribution in [0.2, 0.25) is 0 Å². The van der Waals surface area contributed by atoms with Gasteiger partial charge in [0.2, 0.25) is 0 Å². The third kappa shape index (κ3) is 14.0. The molecule has 0 aromatic rings. The Morgan fingerprint density at radius 2 is 1.25 bits per heavy atom. The summed E-state index contributed by atoms with van der Waals surface area (Å²) in [6, 6.07) is 0. The fraction of sp³-hybridized carbons (Fsp3) is 0.933. The lowest BCUT2D eigenvalue weighted by atomic mass is 10.1. The average Bonchev–Trinajstić information content (AvgIpc) is 2.31. The molecular weight excluding hydrogens is 196 g/mol. The number of ether oxygens (including phenoxy) is 1. The van der Waals surface area contributed by atoms with Gasteiger partial charge in [-0.2, -0.15) is 0 Å². The van der Waals surface area contributed by atoms with E-state index in [-0.39, 0.29) is 0 Å². The number of hydrogen-bond acceptors (Lipinski definition) is 1. The van der Waals surface area contributed by atoms with Crippen molar-refractivity contribution < 1.29 is 4.74 Å². The van der Waals surface area contributed by atoms with Gasteiger partial charge < -0.3 is 4.74 Å². The second-order valence-corrected chi connectivity index (χ2v) is 4.65. The molecule has 0 fully saturated rings. The first kappa shape index (κ1) is 16.0. The zero-order chi connectivity index (χ0) is 11.9. The fourth-order valence-corrected chi connectivity index (χ4v) is 1.77. The van der Waals surface area contributed by atoms with Gasteiger partial charge in [-0.15, -0.1) is 0 Å². The van der Waals surface area contributed by atoms with Crippen molar-refractivity contribution in [2.24, 2.45) is 0 Å². The van der Waals surface area contributed by atoms with Crippen LogP contribution < -0.4 is 0 Å². The zero-order valence-electron chi connectivity index (χ0n) is 11.5. The maximum atomic E-state index is 5.46. The SMILES string of the molecule is CCCC[CH]OCCCCCCCCCC. The van der Waals surface area contributed by atoms with Gasteiger partial charge in [0.25, 0.3) is 0 Å². The van der Waals surface area contributed by atoms with Crippen LogP contribution >= 0.6 is 0 Å². The Bertz CT molecular complexity index is 98.0. The summed E-state index contributed by atoms with van der Waals surface area (Å²) < 4.78 is 5.46. The van der Waals surface area contributed by atoms with E-state index in [1.807, 2.05) is 6.61 Å². The molecule has 97 valence electrons. The van der Waals surface area contributed by atoms with Gasteiger partial charge in [0, 0.05) is 6.61 Å². The topological polar surface area (TPSA) is 9.23 Å². The van der Waals surface area contributed by atoms with Crippen LogP contribution in [-0.4, -0.2) is 6.61 Å². The van der Waals surface area contributed by atoms with Crippen molar-refractivity contribution in [3.8, 4) is 0 Å². The first-order valence-electron chi connectivity index (χ1n) is 7.35. The van der Waals surface area contributed by atoms with Gasteiger partial charge in [-0.3, -0.25) is 0 Å². The highest BCUT2D eigenvalue weighted by Crippen LogP contribution is 2.08. The van der Waals surface area contributed by atoms with E-state index in [1.54, 1.807) is 0 Å². The molecule has 0 N–H and O–H groups in total. The van der Waals surface area contributed by atoms with E-state index < -0.39 is 0 Å². The maximum Gasteiger partial charge on any atom is 0.0836 e. The molecule has 0 aliphatic heterocycles. The summed E-state index contributed by atoms with van der Waals surface area (Å²) in [7, 11) is 0. The quantitative estimate of drug-likeness (QED) is 0.378. The number of rotatable bonds is 13. The van der Waals surface area contributed by atoms with E-state index in [0.717, 1.165) is 13.0 Å². The maximum absolute atomic E-state index is 5.46. The Balaban J connectivity index is 2.83. The molecule has 0 aliphatic carbocycles. The molecule has 0 amide bonds. The van der Waals surface area contributed by atoms with Crippen molar-refractivity contribution in [3.63, 3.8) is 0 Å². The Morgan fingerprint density at radius 3 is 1.88 bits per heavy atom. The predicted molar refractivity (Wildman–Crippen MR) is 72.4 cm³/mol. The van der Waals surface area contributed by atoms with E-state index in [4.69, 9.17) is 4.74 Å². The molecule has 1 radical (unpaired) electrons. The van der Waals surface area contributed by atoms with Gasteiger partial charge in [0.15, 0.2) is 0 Å². The van der Waals surface area contributed by atoms with Gasteiger partial charge in [-0.1, -0.05) is 71.6 Å². The van der Waals surface area contributed by atoms with E-state index in [0.29, 0.717) is 0 Å². The lowest BCUT2D eigenvalue weighted by molar-refractivity contribution is 0.184. The summed E-state index contributed by atoms with van der Waals surface area (Å²) in [6.45, 7) is 7.40. The van der Waals surface area contributed by atoms with Crippen LogP contribution in [0.1, 0.15) is 84.5 Å². The first-order valence-corrected chi connectivity index (χ1v) is 7.35. The van der Waals surface area contributed by atoms with Gasteiger partial charge in [-0.05, 0) is 12.8 Å². The molecule has 0 spiro atoms. The highest BCUT2D eigenvalue weighted by Gasteiger charge is 1.92. The van der Waals surface area contributed by atoms with E-state index in [1.165, 1.54) is 64.2 Å². The summed E-state index contributed by atoms with van der Waals surface area (Å²) in [5.74, 6) is 0. The minimum absolute atomic E-state index is 0.929. The lowest BCUT2D eigenvalue weighted by Crippen LogP contribution is -1.92. The largest absolute Gasteiger partial charge is 0.376 e. The summed E-state index contributed by atoms with van der Waals surface area (Å²) >= 11 is 0. The molecule has 16 heavy (non-hydrogen) atoms. The highest BCUT2D eigenvalue weighted by molar-refractivity contribution is 4.51. The van der Waals surface area contributed by atoms with Crippen LogP contribution in [0.3, 0.4) is 0 Å². The Morgan fingerprint density at radius 1 is 0.688 bits per heavy atom. The van der Waals surface area contributed by atoms with Crippen LogP contribution in [0.15, 0.2) is 0 Å².